The summed E-state index contributed by atoms with van der Waals surface area (Å²) >= 11 is 0. The van der Waals surface area contributed by atoms with Crippen molar-refractivity contribution in [3.05, 3.63) is 83.4 Å². The van der Waals surface area contributed by atoms with Gasteiger partial charge in [0.05, 0.1) is 5.75 Å². The van der Waals surface area contributed by atoms with Crippen LogP contribution in [0.1, 0.15) is 31.8 Å². The number of benzene rings is 2. The molecule has 0 amide bonds. The highest BCUT2D eigenvalue weighted by atomic mass is 32.2. The highest BCUT2D eigenvalue weighted by Crippen LogP contribution is 2.26. The van der Waals surface area contributed by atoms with Crippen LogP contribution in [0.25, 0.3) is 0 Å². The average Bonchev–Trinajstić information content (AvgIpc) is 2.52. The summed E-state index contributed by atoms with van der Waals surface area (Å²) in [6.45, 7) is 3.19. The molecule has 1 aliphatic rings. The number of carbonyl (C=O) groups excluding carboxylic acids is 2. The maximum Gasteiger partial charge on any atom is 0.212 e. The van der Waals surface area contributed by atoms with Gasteiger partial charge in [-0.1, -0.05) is 54.6 Å². The van der Waals surface area contributed by atoms with E-state index in [1.165, 1.54) is 6.08 Å². The predicted molar refractivity (Wildman–Crippen MR) is 87.9 cm³/mol. The van der Waals surface area contributed by atoms with Gasteiger partial charge in [0.2, 0.25) is 10.0 Å². The highest BCUT2D eigenvalue weighted by Gasteiger charge is 2.28. The Morgan fingerprint density at radius 1 is 0.826 bits per heavy atom. The first-order chi connectivity index (χ1) is 10.8. The fraction of sp³-hybridized carbons (Fsp3) is 0.0588. The molecule has 23 heavy (non-hydrogen) atoms. The first-order valence-electron chi connectivity index (χ1n) is 6.74. The van der Waals surface area contributed by atoms with E-state index in [2.05, 4.69) is 11.7 Å². The molecule has 0 saturated heterocycles. The van der Waals surface area contributed by atoms with Crippen LogP contribution in [0, 0.1) is 0 Å². The smallest absolute Gasteiger partial charge is 0.212 e. The molecule has 6 heteroatoms. The molecule has 2 N–H and O–H groups in total. The Morgan fingerprint density at radius 2 is 1.13 bits per heavy atom. The monoisotopic (exact) mass is 329 g/mol. The van der Waals surface area contributed by atoms with Crippen molar-refractivity contribution in [2.75, 3.05) is 5.75 Å². The lowest BCUT2D eigenvalue weighted by Gasteiger charge is -2.16. The Labute approximate surface area is 134 Å². The van der Waals surface area contributed by atoms with Crippen LogP contribution in [0.3, 0.4) is 0 Å². The minimum Gasteiger partial charge on any atom is -0.289 e. The van der Waals surface area contributed by atoms with Gasteiger partial charge in [-0.25, -0.2) is 13.6 Å². The third-order valence-electron chi connectivity index (χ3n) is 3.18. The Kier molecular flexibility index (Phi) is 4.88. The van der Waals surface area contributed by atoms with E-state index in [0.717, 1.165) is 0 Å². The van der Waals surface area contributed by atoms with E-state index in [4.69, 9.17) is 0 Å². The predicted octanol–water partition coefficient (Wildman–Crippen LogP) is 1.92. The Morgan fingerprint density at radius 3 is 1.30 bits per heavy atom. The molecule has 0 fully saturated rings. The first-order valence-corrected chi connectivity index (χ1v) is 8.45. The molecule has 0 unspecified atom stereocenters. The fourth-order valence-corrected chi connectivity index (χ4v) is 2.54. The van der Waals surface area contributed by atoms with Gasteiger partial charge in [0.15, 0.2) is 11.6 Å². The molecule has 0 aliphatic heterocycles. The highest BCUT2D eigenvalue weighted by molar-refractivity contribution is 7.89. The van der Waals surface area contributed by atoms with Crippen LogP contribution in [0.2, 0.25) is 0 Å². The van der Waals surface area contributed by atoms with Crippen molar-refractivity contribution in [2.24, 2.45) is 5.14 Å². The summed E-state index contributed by atoms with van der Waals surface area (Å²) in [5, 5.41) is 4.55. The Balaban J connectivity index is 0.000000236. The summed E-state index contributed by atoms with van der Waals surface area (Å²) in [7, 11) is -3.29. The van der Waals surface area contributed by atoms with Crippen molar-refractivity contribution < 1.29 is 18.0 Å². The molecule has 2 aromatic rings. The van der Waals surface area contributed by atoms with Crippen LogP contribution >= 0.6 is 0 Å². The van der Waals surface area contributed by atoms with Gasteiger partial charge in [-0.15, -0.1) is 6.58 Å². The van der Waals surface area contributed by atoms with Gasteiger partial charge < -0.3 is 0 Å². The molecular weight excluding hydrogens is 314 g/mol. The molecule has 2 aromatic carbocycles. The normalized spacial score (nSPS) is 12.6. The fourth-order valence-electron chi connectivity index (χ4n) is 2.21. The molecule has 5 nitrogen and oxygen atoms in total. The Bertz CT molecular complexity index is 779. The van der Waals surface area contributed by atoms with E-state index >= 15 is 0 Å². The number of ketones is 2. The quantitative estimate of drug-likeness (QED) is 0.727. The summed E-state index contributed by atoms with van der Waals surface area (Å²) in [4.78, 5) is 24.2. The molecular formula is C17H15NO4S. The minimum atomic E-state index is -3.29. The first kappa shape index (κ1) is 16.8. The number of sulfonamides is 1. The zero-order chi connectivity index (χ0) is 17.0. The number of fused-ring (bicyclic) bond motifs is 2. The van der Waals surface area contributed by atoms with Crippen LogP contribution in [0.4, 0.5) is 0 Å². The van der Waals surface area contributed by atoms with E-state index in [9.17, 15) is 18.0 Å². The molecule has 0 spiro atoms. The molecule has 0 bridgehead atoms. The van der Waals surface area contributed by atoms with Crippen molar-refractivity contribution in [3.63, 3.8) is 0 Å². The third kappa shape index (κ3) is 3.80. The summed E-state index contributed by atoms with van der Waals surface area (Å²) in [5.41, 5.74) is 2.02. The lowest BCUT2D eigenvalue weighted by molar-refractivity contribution is 0.0979. The van der Waals surface area contributed by atoms with Crippen LogP contribution in [0.5, 0.6) is 0 Å². The largest absolute Gasteiger partial charge is 0.289 e. The van der Waals surface area contributed by atoms with E-state index in [1.807, 2.05) is 0 Å². The number of carbonyl (C=O) groups is 2. The van der Waals surface area contributed by atoms with Gasteiger partial charge in [0.25, 0.3) is 0 Å². The lowest BCUT2D eigenvalue weighted by atomic mass is 9.84. The average molecular weight is 329 g/mol. The molecule has 0 aromatic heterocycles. The minimum absolute atomic E-state index is 0.0641. The zero-order valence-corrected chi connectivity index (χ0v) is 13.0. The second-order valence-electron chi connectivity index (χ2n) is 4.87. The van der Waals surface area contributed by atoms with Crippen LogP contribution in [-0.4, -0.2) is 25.7 Å². The van der Waals surface area contributed by atoms with Gasteiger partial charge in [0.1, 0.15) is 0 Å². The molecule has 0 heterocycles. The van der Waals surface area contributed by atoms with Crippen LogP contribution < -0.4 is 5.14 Å². The van der Waals surface area contributed by atoms with E-state index in [0.29, 0.717) is 22.3 Å². The SMILES string of the molecule is C=CCS(N)(=O)=O.O=C1c2ccccc2C(=O)c2ccccc21. The molecule has 0 saturated carbocycles. The topological polar surface area (TPSA) is 94.3 Å². The molecule has 1 aliphatic carbocycles. The summed E-state index contributed by atoms with van der Waals surface area (Å²) in [5.74, 6) is -0.274. The number of primary sulfonamides is 1. The van der Waals surface area contributed by atoms with Crippen molar-refractivity contribution >= 4 is 21.6 Å². The summed E-state index contributed by atoms with van der Waals surface area (Å²) in [6, 6.07) is 13.9. The second kappa shape index (κ2) is 6.68. The third-order valence-corrected chi connectivity index (χ3v) is 3.88. The van der Waals surface area contributed by atoms with Crippen LogP contribution in [-0.2, 0) is 10.0 Å². The van der Waals surface area contributed by atoms with Gasteiger partial charge in [-0.05, 0) is 0 Å². The standard InChI is InChI=1S/C14H8O2.C3H7NO2S/c15-13-9-5-1-2-6-10(9)14(16)12-8-4-3-7-11(12)13;1-2-3-7(4,5)6/h1-8H;2H,1,3H2,(H2,4,5,6). The van der Waals surface area contributed by atoms with Crippen LogP contribution in [0.15, 0.2) is 61.2 Å². The van der Waals surface area contributed by atoms with Gasteiger partial charge in [0, 0.05) is 22.3 Å². The van der Waals surface area contributed by atoms with Gasteiger partial charge in [-0.3, -0.25) is 9.59 Å². The van der Waals surface area contributed by atoms with E-state index < -0.39 is 10.0 Å². The van der Waals surface area contributed by atoms with E-state index in [-0.39, 0.29) is 17.3 Å². The lowest BCUT2D eigenvalue weighted by Crippen LogP contribution is -2.20. The Hall–Kier alpha value is -2.57. The zero-order valence-electron chi connectivity index (χ0n) is 12.2. The van der Waals surface area contributed by atoms with Crippen molar-refractivity contribution in [3.8, 4) is 0 Å². The molecule has 118 valence electrons. The van der Waals surface area contributed by atoms with E-state index in [1.54, 1.807) is 48.5 Å². The number of hydrogen-bond donors (Lipinski definition) is 1. The van der Waals surface area contributed by atoms with Crippen molar-refractivity contribution in [1.82, 2.24) is 0 Å². The second-order valence-corrected chi connectivity index (χ2v) is 6.53. The maximum atomic E-state index is 12.1. The van der Waals surface area contributed by atoms with Gasteiger partial charge >= 0.3 is 0 Å². The van der Waals surface area contributed by atoms with Gasteiger partial charge in [-0.2, -0.15) is 0 Å². The molecule has 0 atom stereocenters. The number of nitrogens with two attached hydrogens (primary N) is 1. The number of rotatable bonds is 2. The maximum absolute atomic E-state index is 12.1. The summed E-state index contributed by atoms with van der Waals surface area (Å²) < 4.78 is 19.9. The molecule has 0 radical (unpaired) electrons. The summed E-state index contributed by atoms with van der Waals surface area (Å²) in [6.07, 6.45) is 1.25. The number of hydrogen-bond acceptors (Lipinski definition) is 4. The van der Waals surface area contributed by atoms with Crippen molar-refractivity contribution in [1.29, 1.82) is 0 Å². The molecule has 3 rings (SSSR count). The van der Waals surface area contributed by atoms with Crippen molar-refractivity contribution in [2.45, 2.75) is 0 Å².